The van der Waals surface area contributed by atoms with Gasteiger partial charge in [0.15, 0.2) is 5.17 Å². The zero-order valence-corrected chi connectivity index (χ0v) is 12.0. The van der Waals surface area contributed by atoms with Gasteiger partial charge in [-0.25, -0.2) is 4.99 Å². The van der Waals surface area contributed by atoms with Crippen LogP contribution in [0.15, 0.2) is 64.7 Å². The van der Waals surface area contributed by atoms with Crippen molar-refractivity contribution in [3.63, 3.8) is 0 Å². The minimum Gasteiger partial charge on any atom is -0.255 e. The third kappa shape index (κ3) is 3.08. The van der Waals surface area contributed by atoms with Crippen molar-refractivity contribution in [2.45, 2.75) is 6.92 Å². The maximum Gasteiger partial charge on any atom is 0.182 e. The first-order valence-electron chi connectivity index (χ1n) is 6.47. The Morgan fingerprint density at radius 3 is 2.45 bits per heavy atom. The Balaban J connectivity index is 1.75. The van der Waals surface area contributed by atoms with Crippen molar-refractivity contribution in [2.24, 2.45) is 10.1 Å². The zero-order chi connectivity index (χ0) is 13.8. The van der Waals surface area contributed by atoms with Crippen molar-refractivity contribution in [2.75, 3.05) is 5.75 Å². The molecule has 0 radical (unpaired) electrons. The molecule has 100 valence electrons. The van der Waals surface area contributed by atoms with Gasteiger partial charge in [-0.2, -0.15) is 5.10 Å². The number of rotatable bonds is 2. The lowest BCUT2D eigenvalue weighted by Gasteiger charge is -2.14. The molecule has 0 saturated heterocycles. The summed E-state index contributed by atoms with van der Waals surface area (Å²) in [6.45, 7) is 2.09. The lowest BCUT2D eigenvalue weighted by molar-refractivity contribution is 1.03. The van der Waals surface area contributed by atoms with Crippen LogP contribution in [-0.2, 0) is 0 Å². The Hall–Kier alpha value is -2.07. The summed E-state index contributed by atoms with van der Waals surface area (Å²) >= 11 is 1.67. The molecule has 0 atom stereocenters. The molecule has 0 fully saturated rings. The third-order valence-electron chi connectivity index (χ3n) is 3.00. The highest BCUT2D eigenvalue weighted by Gasteiger charge is 2.12. The van der Waals surface area contributed by atoms with Gasteiger partial charge in [0.2, 0.25) is 0 Å². The summed E-state index contributed by atoms with van der Waals surface area (Å²) in [7, 11) is 0. The molecule has 0 unspecified atom stereocenters. The van der Waals surface area contributed by atoms with Crippen LogP contribution in [0.4, 0.5) is 5.69 Å². The maximum atomic E-state index is 4.52. The molecule has 3 rings (SSSR count). The summed E-state index contributed by atoms with van der Waals surface area (Å²) in [5.41, 5.74) is 7.45. The Labute approximate surface area is 122 Å². The second kappa shape index (κ2) is 5.92. The fraction of sp³-hybridized carbons (Fsp3) is 0.125. The van der Waals surface area contributed by atoms with E-state index in [1.165, 1.54) is 5.56 Å². The minimum absolute atomic E-state index is 0.835. The van der Waals surface area contributed by atoms with Gasteiger partial charge in [0.25, 0.3) is 0 Å². The van der Waals surface area contributed by atoms with Gasteiger partial charge in [0, 0.05) is 5.75 Å². The molecule has 1 aliphatic rings. The van der Waals surface area contributed by atoms with Gasteiger partial charge >= 0.3 is 0 Å². The molecule has 0 aromatic heterocycles. The molecule has 3 nitrogen and oxygen atoms in total. The van der Waals surface area contributed by atoms with Crippen molar-refractivity contribution < 1.29 is 0 Å². The number of nitrogens with zero attached hydrogens (tertiary/aromatic N) is 2. The topological polar surface area (TPSA) is 36.8 Å². The number of aliphatic imine (C=N–C) groups is 1. The molecule has 2 aromatic rings. The smallest absolute Gasteiger partial charge is 0.182 e. The normalized spacial score (nSPS) is 16.6. The van der Waals surface area contributed by atoms with Gasteiger partial charge in [0.1, 0.15) is 0 Å². The predicted molar refractivity (Wildman–Crippen MR) is 86.8 cm³/mol. The molecule has 1 aliphatic heterocycles. The largest absolute Gasteiger partial charge is 0.255 e. The first-order chi connectivity index (χ1) is 9.81. The van der Waals surface area contributed by atoms with E-state index in [-0.39, 0.29) is 0 Å². The molecule has 0 saturated carbocycles. The number of nitrogens with one attached hydrogen (secondary N) is 1. The van der Waals surface area contributed by atoms with Crippen LogP contribution in [-0.4, -0.2) is 16.6 Å². The minimum atomic E-state index is 0.835. The maximum absolute atomic E-state index is 4.52. The number of benzene rings is 2. The summed E-state index contributed by atoms with van der Waals surface area (Å²) in [6.07, 6.45) is 0. The average Bonchev–Trinajstić information content (AvgIpc) is 2.50. The number of hydrogen-bond donors (Lipinski definition) is 1. The summed E-state index contributed by atoms with van der Waals surface area (Å²) in [5, 5.41) is 5.26. The van der Waals surface area contributed by atoms with E-state index in [1.54, 1.807) is 11.8 Å². The van der Waals surface area contributed by atoms with E-state index < -0.39 is 0 Å². The molecule has 2 aromatic carbocycles. The number of hydrogen-bond acceptors (Lipinski definition) is 3. The lowest BCUT2D eigenvalue weighted by atomic mass is 10.1. The highest BCUT2D eigenvalue weighted by Crippen LogP contribution is 2.18. The van der Waals surface area contributed by atoms with Crippen LogP contribution in [0, 0.1) is 6.92 Å². The van der Waals surface area contributed by atoms with Crippen molar-refractivity contribution >= 4 is 28.3 Å². The van der Waals surface area contributed by atoms with E-state index in [4.69, 9.17) is 0 Å². The van der Waals surface area contributed by atoms with Crippen LogP contribution in [0.5, 0.6) is 0 Å². The summed E-state index contributed by atoms with van der Waals surface area (Å²) < 4.78 is 0. The highest BCUT2D eigenvalue weighted by molar-refractivity contribution is 8.14. The summed E-state index contributed by atoms with van der Waals surface area (Å²) in [4.78, 5) is 4.52. The van der Waals surface area contributed by atoms with Gasteiger partial charge in [-0.3, -0.25) is 5.43 Å². The Bertz CT molecular complexity index is 645. The van der Waals surface area contributed by atoms with Gasteiger partial charge in [-0.05, 0) is 24.6 Å². The van der Waals surface area contributed by atoms with Gasteiger partial charge in [0.05, 0.1) is 11.4 Å². The first-order valence-corrected chi connectivity index (χ1v) is 7.46. The molecule has 20 heavy (non-hydrogen) atoms. The summed E-state index contributed by atoms with van der Waals surface area (Å²) in [6, 6.07) is 18.3. The molecule has 0 bridgehead atoms. The monoisotopic (exact) mass is 281 g/mol. The van der Waals surface area contributed by atoms with Crippen LogP contribution in [0.25, 0.3) is 0 Å². The second-order valence-electron chi connectivity index (χ2n) is 4.58. The molecule has 0 spiro atoms. The van der Waals surface area contributed by atoms with Crippen LogP contribution in [0.2, 0.25) is 0 Å². The first kappa shape index (κ1) is 12.9. The average molecular weight is 281 g/mol. The predicted octanol–water partition coefficient (Wildman–Crippen LogP) is 3.72. The van der Waals surface area contributed by atoms with Gasteiger partial charge in [-0.1, -0.05) is 59.8 Å². The number of aryl methyl sites for hydroxylation is 1. The molecular formula is C16H15N3S. The second-order valence-corrected chi connectivity index (χ2v) is 5.54. The number of hydrazone groups is 1. The zero-order valence-electron chi connectivity index (χ0n) is 11.2. The number of para-hydroxylation sites is 1. The van der Waals surface area contributed by atoms with Crippen LogP contribution in [0.1, 0.15) is 11.1 Å². The Morgan fingerprint density at radius 1 is 1.05 bits per heavy atom. The SMILES string of the molecule is Cc1ccc(C2=NNC(=Nc3ccccc3)SC2)cc1. The van der Waals surface area contributed by atoms with E-state index in [1.807, 2.05) is 30.3 Å². The molecule has 1 N–H and O–H groups in total. The molecule has 1 heterocycles. The fourth-order valence-corrected chi connectivity index (χ4v) is 2.67. The molecular weight excluding hydrogens is 266 g/mol. The quantitative estimate of drug-likeness (QED) is 0.910. The molecule has 4 heteroatoms. The fourth-order valence-electron chi connectivity index (χ4n) is 1.89. The Kier molecular flexibility index (Phi) is 3.83. The molecule has 0 amide bonds. The van der Waals surface area contributed by atoms with E-state index in [2.05, 4.69) is 46.7 Å². The standard InChI is InChI=1S/C16H15N3S/c1-12-7-9-13(10-8-12)15-11-20-16(19-18-15)17-14-5-3-2-4-6-14/h2-10H,11H2,1H3,(H,17,19). The van der Waals surface area contributed by atoms with Crippen molar-refractivity contribution in [3.05, 3.63) is 65.7 Å². The Morgan fingerprint density at radius 2 is 1.80 bits per heavy atom. The lowest BCUT2D eigenvalue weighted by Crippen LogP contribution is -2.25. The van der Waals surface area contributed by atoms with E-state index >= 15 is 0 Å². The molecule has 0 aliphatic carbocycles. The van der Waals surface area contributed by atoms with Crippen molar-refractivity contribution in [1.82, 2.24) is 5.43 Å². The third-order valence-corrected chi connectivity index (χ3v) is 3.88. The number of amidine groups is 1. The van der Waals surface area contributed by atoms with E-state index in [0.29, 0.717) is 0 Å². The van der Waals surface area contributed by atoms with Crippen molar-refractivity contribution in [3.8, 4) is 0 Å². The highest BCUT2D eigenvalue weighted by atomic mass is 32.2. The van der Waals surface area contributed by atoms with E-state index in [0.717, 1.165) is 27.9 Å². The van der Waals surface area contributed by atoms with Gasteiger partial charge in [-0.15, -0.1) is 0 Å². The summed E-state index contributed by atoms with van der Waals surface area (Å²) in [5.74, 6) is 0.835. The number of thioether (sulfide) groups is 1. The van der Waals surface area contributed by atoms with E-state index in [9.17, 15) is 0 Å². The van der Waals surface area contributed by atoms with Crippen LogP contribution in [0.3, 0.4) is 0 Å². The van der Waals surface area contributed by atoms with Crippen molar-refractivity contribution in [1.29, 1.82) is 0 Å². The van der Waals surface area contributed by atoms with Crippen LogP contribution < -0.4 is 5.43 Å². The van der Waals surface area contributed by atoms with Crippen LogP contribution >= 0.6 is 11.8 Å². The van der Waals surface area contributed by atoms with Gasteiger partial charge < -0.3 is 0 Å².